The molecule has 4 N–H and O–H groups in total. The number of benzene rings is 2. The van der Waals surface area contributed by atoms with Crippen LogP contribution in [0.1, 0.15) is 16.7 Å². The summed E-state index contributed by atoms with van der Waals surface area (Å²) in [5.74, 6) is 2.69. The Morgan fingerprint density at radius 2 is 2.05 bits per heavy atom. The molecule has 0 aliphatic heterocycles. The van der Waals surface area contributed by atoms with Crippen molar-refractivity contribution < 1.29 is 5.21 Å². The Bertz CT molecular complexity index is 671. The summed E-state index contributed by atoms with van der Waals surface area (Å²) in [6.07, 6.45) is 5.37. The maximum Gasteiger partial charge on any atom is 0.170 e. The van der Waals surface area contributed by atoms with Crippen molar-refractivity contribution in [2.24, 2.45) is 10.9 Å². The number of anilines is 1. The monoisotopic (exact) mass is 265 g/mol. The van der Waals surface area contributed by atoms with Crippen molar-refractivity contribution in [2.45, 2.75) is 6.54 Å². The molecule has 2 rings (SSSR count). The molecule has 2 aromatic carbocycles. The van der Waals surface area contributed by atoms with Gasteiger partial charge in [0.1, 0.15) is 0 Å². The molecule has 20 heavy (non-hydrogen) atoms. The molecule has 0 fully saturated rings. The van der Waals surface area contributed by atoms with Crippen LogP contribution in [-0.4, -0.2) is 11.0 Å². The van der Waals surface area contributed by atoms with E-state index in [4.69, 9.17) is 17.4 Å². The molecule has 0 saturated heterocycles. The van der Waals surface area contributed by atoms with Gasteiger partial charge in [0.2, 0.25) is 0 Å². The van der Waals surface area contributed by atoms with Crippen LogP contribution in [0.2, 0.25) is 0 Å². The Morgan fingerprint density at radius 3 is 2.80 bits per heavy atom. The lowest BCUT2D eigenvalue weighted by Gasteiger charge is -2.10. The molecule has 0 aliphatic rings. The topological polar surface area (TPSA) is 70.6 Å². The smallest absolute Gasteiger partial charge is 0.170 e. The zero-order valence-electron chi connectivity index (χ0n) is 10.9. The summed E-state index contributed by atoms with van der Waals surface area (Å²) in [5, 5.41) is 15.1. The summed E-state index contributed by atoms with van der Waals surface area (Å²) in [6, 6.07) is 15.1. The lowest BCUT2D eigenvalue weighted by molar-refractivity contribution is 0.318. The van der Waals surface area contributed by atoms with Crippen LogP contribution < -0.4 is 11.1 Å². The van der Waals surface area contributed by atoms with Crippen LogP contribution >= 0.6 is 0 Å². The zero-order chi connectivity index (χ0) is 14.4. The average molecular weight is 265 g/mol. The van der Waals surface area contributed by atoms with Crippen LogP contribution in [0.4, 0.5) is 5.69 Å². The first-order chi connectivity index (χ1) is 9.74. The van der Waals surface area contributed by atoms with E-state index in [1.54, 1.807) is 0 Å². The highest BCUT2D eigenvalue weighted by Crippen LogP contribution is 2.14. The van der Waals surface area contributed by atoms with Gasteiger partial charge in [0.05, 0.1) is 0 Å². The van der Waals surface area contributed by atoms with Crippen LogP contribution in [-0.2, 0) is 6.54 Å². The number of amidine groups is 1. The number of terminal acetylenes is 1. The van der Waals surface area contributed by atoms with Crippen molar-refractivity contribution in [3.05, 3.63) is 65.2 Å². The standard InChI is InChI=1S/C16H15N3O/c1-2-12-6-5-8-14(10-12)18-11-13-7-3-4-9-15(13)16(17)19-20/h1,3-10,18,20H,11H2,(H2,17,19). The lowest BCUT2D eigenvalue weighted by Crippen LogP contribution is -2.16. The lowest BCUT2D eigenvalue weighted by atomic mass is 10.1. The predicted molar refractivity (Wildman–Crippen MR) is 80.7 cm³/mol. The molecule has 0 heterocycles. The van der Waals surface area contributed by atoms with Crippen LogP contribution in [0.25, 0.3) is 0 Å². The maximum absolute atomic E-state index is 8.79. The Balaban J connectivity index is 2.17. The van der Waals surface area contributed by atoms with E-state index in [2.05, 4.69) is 16.4 Å². The first-order valence-electron chi connectivity index (χ1n) is 6.11. The number of nitrogens with two attached hydrogens (primary N) is 1. The highest BCUT2D eigenvalue weighted by molar-refractivity contribution is 5.98. The average Bonchev–Trinajstić information content (AvgIpc) is 2.52. The van der Waals surface area contributed by atoms with Gasteiger partial charge in [-0.15, -0.1) is 6.42 Å². The molecular weight excluding hydrogens is 250 g/mol. The summed E-state index contributed by atoms with van der Waals surface area (Å²) >= 11 is 0. The summed E-state index contributed by atoms with van der Waals surface area (Å²) in [5.41, 5.74) is 9.04. The summed E-state index contributed by atoms with van der Waals surface area (Å²) < 4.78 is 0. The fraction of sp³-hybridized carbons (Fsp3) is 0.0625. The van der Waals surface area contributed by atoms with E-state index < -0.39 is 0 Å². The number of rotatable bonds is 4. The van der Waals surface area contributed by atoms with Gasteiger partial charge in [-0.05, 0) is 23.8 Å². The molecule has 2 aromatic rings. The molecule has 0 unspecified atom stereocenters. The van der Waals surface area contributed by atoms with Gasteiger partial charge in [0.15, 0.2) is 5.84 Å². The van der Waals surface area contributed by atoms with Gasteiger partial charge in [0.25, 0.3) is 0 Å². The molecule has 0 saturated carbocycles. The van der Waals surface area contributed by atoms with Crippen molar-refractivity contribution in [1.29, 1.82) is 0 Å². The third-order valence-corrected chi connectivity index (χ3v) is 2.91. The number of nitrogens with one attached hydrogen (secondary N) is 1. The van der Waals surface area contributed by atoms with Gasteiger partial charge in [-0.3, -0.25) is 0 Å². The second-order valence-electron chi connectivity index (χ2n) is 4.22. The SMILES string of the molecule is C#Cc1cccc(NCc2ccccc2C(N)=NO)c1. The molecule has 4 nitrogen and oxygen atoms in total. The summed E-state index contributed by atoms with van der Waals surface area (Å²) in [7, 11) is 0. The molecule has 4 heteroatoms. The van der Waals surface area contributed by atoms with E-state index in [0.717, 1.165) is 16.8 Å². The molecule has 0 bridgehead atoms. The Kier molecular flexibility index (Phi) is 4.25. The molecule has 0 aromatic heterocycles. The first kappa shape index (κ1) is 13.5. The van der Waals surface area contributed by atoms with Crippen LogP contribution in [0.5, 0.6) is 0 Å². The van der Waals surface area contributed by atoms with Crippen LogP contribution in [0, 0.1) is 12.3 Å². The number of hydrogen-bond acceptors (Lipinski definition) is 3. The van der Waals surface area contributed by atoms with Crippen LogP contribution in [0.3, 0.4) is 0 Å². The molecule has 0 aliphatic carbocycles. The van der Waals surface area contributed by atoms with E-state index in [9.17, 15) is 0 Å². The second kappa shape index (κ2) is 6.30. The Morgan fingerprint density at radius 1 is 1.25 bits per heavy atom. The molecule has 0 amide bonds. The second-order valence-corrected chi connectivity index (χ2v) is 4.22. The highest BCUT2D eigenvalue weighted by Gasteiger charge is 2.05. The number of hydrogen-bond donors (Lipinski definition) is 3. The molecule has 0 radical (unpaired) electrons. The Hall–Kier alpha value is -2.93. The third-order valence-electron chi connectivity index (χ3n) is 2.91. The zero-order valence-corrected chi connectivity index (χ0v) is 10.9. The van der Waals surface area contributed by atoms with Crippen molar-refractivity contribution in [2.75, 3.05) is 5.32 Å². The quantitative estimate of drug-likeness (QED) is 0.261. The van der Waals surface area contributed by atoms with Crippen molar-refractivity contribution in [3.8, 4) is 12.3 Å². The van der Waals surface area contributed by atoms with E-state index in [1.807, 2.05) is 48.5 Å². The highest BCUT2D eigenvalue weighted by atomic mass is 16.4. The largest absolute Gasteiger partial charge is 0.409 e. The normalized spacial score (nSPS) is 10.8. The minimum absolute atomic E-state index is 0.0970. The van der Waals surface area contributed by atoms with E-state index in [0.29, 0.717) is 12.1 Å². The van der Waals surface area contributed by atoms with Crippen molar-refractivity contribution in [3.63, 3.8) is 0 Å². The van der Waals surface area contributed by atoms with Gasteiger partial charge >= 0.3 is 0 Å². The maximum atomic E-state index is 8.79. The van der Waals surface area contributed by atoms with Crippen molar-refractivity contribution in [1.82, 2.24) is 0 Å². The number of nitrogens with zero attached hydrogens (tertiary/aromatic N) is 1. The first-order valence-corrected chi connectivity index (χ1v) is 6.11. The van der Waals surface area contributed by atoms with Crippen LogP contribution in [0.15, 0.2) is 53.7 Å². The molecule has 100 valence electrons. The summed E-state index contributed by atoms with van der Waals surface area (Å²) in [4.78, 5) is 0. The van der Waals surface area contributed by atoms with E-state index >= 15 is 0 Å². The minimum Gasteiger partial charge on any atom is -0.409 e. The van der Waals surface area contributed by atoms with Gasteiger partial charge in [0, 0.05) is 23.4 Å². The fourth-order valence-corrected chi connectivity index (χ4v) is 1.89. The summed E-state index contributed by atoms with van der Waals surface area (Å²) in [6.45, 7) is 0.556. The van der Waals surface area contributed by atoms with Gasteiger partial charge in [-0.25, -0.2) is 0 Å². The van der Waals surface area contributed by atoms with Gasteiger partial charge in [-0.2, -0.15) is 0 Å². The predicted octanol–water partition coefficient (Wildman–Crippen LogP) is 2.37. The molecule has 0 atom stereocenters. The van der Waals surface area contributed by atoms with Gasteiger partial charge < -0.3 is 16.3 Å². The third kappa shape index (κ3) is 3.09. The number of oxime groups is 1. The van der Waals surface area contributed by atoms with Gasteiger partial charge in [-0.1, -0.05) is 41.4 Å². The van der Waals surface area contributed by atoms with E-state index in [-0.39, 0.29) is 5.84 Å². The molecule has 0 spiro atoms. The Labute approximate surface area is 117 Å². The van der Waals surface area contributed by atoms with E-state index in [1.165, 1.54) is 0 Å². The minimum atomic E-state index is 0.0970. The van der Waals surface area contributed by atoms with Crippen molar-refractivity contribution >= 4 is 11.5 Å². The molecular formula is C16H15N3O. The fourth-order valence-electron chi connectivity index (χ4n) is 1.89.